The largest absolute Gasteiger partial charge is 0.496 e. The van der Waals surface area contributed by atoms with Gasteiger partial charge in [0.2, 0.25) is 0 Å². The normalized spacial score (nSPS) is 14.5. The smallest absolute Gasteiger partial charge is 0.128 e. The molecule has 3 heteroatoms. The van der Waals surface area contributed by atoms with E-state index in [0.29, 0.717) is 6.42 Å². The molecule has 0 spiro atoms. The second-order valence-corrected chi connectivity index (χ2v) is 4.72. The topological polar surface area (TPSA) is 41.5 Å². The summed E-state index contributed by atoms with van der Waals surface area (Å²) in [5, 5.41) is 13.6. The molecular weight excluding hydrogens is 214 g/mol. The van der Waals surface area contributed by atoms with Crippen LogP contribution in [0.2, 0.25) is 0 Å². The summed E-state index contributed by atoms with van der Waals surface area (Å²) in [5.41, 5.74) is 2.26. The number of nitrogens with one attached hydrogen (secondary N) is 1. The summed E-state index contributed by atoms with van der Waals surface area (Å²) in [6.45, 7) is 6.66. The van der Waals surface area contributed by atoms with Gasteiger partial charge >= 0.3 is 0 Å². The number of aliphatic hydroxyl groups is 1. The van der Waals surface area contributed by atoms with Crippen LogP contribution in [0.1, 0.15) is 30.0 Å². The minimum absolute atomic E-state index is 0.655. The summed E-state index contributed by atoms with van der Waals surface area (Å²) in [6.07, 6.45) is 0.655. The van der Waals surface area contributed by atoms with Crippen molar-refractivity contribution in [2.75, 3.05) is 20.7 Å². The monoisotopic (exact) mass is 237 g/mol. The van der Waals surface area contributed by atoms with Gasteiger partial charge in [0.15, 0.2) is 0 Å². The predicted octanol–water partition coefficient (Wildman–Crippen LogP) is 2.13. The van der Waals surface area contributed by atoms with Crippen LogP contribution in [-0.4, -0.2) is 25.8 Å². The molecule has 0 heterocycles. The van der Waals surface area contributed by atoms with Gasteiger partial charge in [-0.2, -0.15) is 0 Å². The first kappa shape index (κ1) is 14.0. The number of rotatable bonds is 5. The molecule has 0 aromatic heterocycles. The third kappa shape index (κ3) is 2.99. The summed E-state index contributed by atoms with van der Waals surface area (Å²) in [4.78, 5) is 0. The van der Waals surface area contributed by atoms with E-state index in [1.54, 1.807) is 7.11 Å². The lowest BCUT2D eigenvalue weighted by atomic mass is 9.89. The zero-order valence-electron chi connectivity index (χ0n) is 11.4. The number of ether oxygens (including phenoxy) is 1. The molecule has 0 bridgehead atoms. The molecule has 17 heavy (non-hydrogen) atoms. The number of methoxy groups -OCH3 is 1. The van der Waals surface area contributed by atoms with Crippen LogP contribution in [0.15, 0.2) is 12.1 Å². The van der Waals surface area contributed by atoms with Crippen LogP contribution in [0.25, 0.3) is 0 Å². The molecule has 1 aromatic rings. The molecule has 0 saturated heterocycles. The first-order chi connectivity index (χ1) is 7.94. The fraction of sp³-hybridized carbons (Fsp3) is 0.571. The molecule has 0 aliphatic carbocycles. The SMILES string of the molecule is CNCCC(C)(O)c1ccc(C)c(C)c1OC. The van der Waals surface area contributed by atoms with Crippen molar-refractivity contribution in [3.05, 3.63) is 28.8 Å². The molecule has 1 aromatic carbocycles. The quantitative estimate of drug-likeness (QED) is 0.824. The van der Waals surface area contributed by atoms with Crippen molar-refractivity contribution in [3.8, 4) is 5.75 Å². The van der Waals surface area contributed by atoms with Crippen LogP contribution in [0.3, 0.4) is 0 Å². The summed E-state index contributed by atoms with van der Waals surface area (Å²) in [6, 6.07) is 3.98. The standard InChI is InChI=1S/C14H23NO2/c1-10-6-7-12(13(17-5)11(10)2)14(3,16)8-9-15-4/h6-7,15-16H,8-9H2,1-5H3. The number of benzene rings is 1. The summed E-state index contributed by atoms with van der Waals surface area (Å²) < 4.78 is 5.44. The van der Waals surface area contributed by atoms with E-state index in [1.807, 2.05) is 40.0 Å². The molecule has 0 aliphatic rings. The molecule has 0 saturated carbocycles. The molecule has 1 unspecified atom stereocenters. The predicted molar refractivity (Wildman–Crippen MR) is 70.6 cm³/mol. The van der Waals surface area contributed by atoms with Crippen molar-refractivity contribution in [2.24, 2.45) is 0 Å². The van der Waals surface area contributed by atoms with Crippen LogP contribution in [0, 0.1) is 13.8 Å². The van der Waals surface area contributed by atoms with Crippen LogP contribution in [-0.2, 0) is 5.60 Å². The van der Waals surface area contributed by atoms with Crippen molar-refractivity contribution < 1.29 is 9.84 Å². The Balaban J connectivity index is 3.16. The van der Waals surface area contributed by atoms with Crippen LogP contribution < -0.4 is 10.1 Å². The molecule has 0 amide bonds. The second-order valence-electron chi connectivity index (χ2n) is 4.72. The molecule has 1 rings (SSSR count). The molecule has 1 atom stereocenters. The van der Waals surface area contributed by atoms with Gasteiger partial charge in [-0.05, 0) is 51.9 Å². The molecule has 96 valence electrons. The highest BCUT2D eigenvalue weighted by atomic mass is 16.5. The number of hydrogen-bond donors (Lipinski definition) is 2. The van der Waals surface area contributed by atoms with Gasteiger partial charge in [0.25, 0.3) is 0 Å². The Morgan fingerprint density at radius 3 is 2.53 bits per heavy atom. The van der Waals surface area contributed by atoms with E-state index in [2.05, 4.69) is 5.32 Å². The lowest BCUT2D eigenvalue weighted by molar-refractivity contribution is 0.0459. The van der Waals surface area contributed by atoms with Crippen molar-refractivity contribution >= 4 is 0 Å². The van der Waals surface area contributed by atoms with Crippen molar-refractivity contribution in [2.45, 2.75) is 32.8 Å². The zero-order chi connectivity index (χ0) is 13.1. The van der Waals surface area contributed by atoms with Crippen molar-refractivity contribution in [1.82, 2.24) is 5.32 Å². The summed E-state index contributed by atoms with van der Waals surface area (Å²) in [5.74, 6) is 0.797. The third-order valence-electron chi connectivity index (χ3n) is 3.32. The van der Waals surface area contributed by atoms with E-state index < -0.39 is 5.60 Å². The van der Waals surface area contributed by atoms with Gasteiger partial charge in [0.05, 0.1) is 12.7 Å². The fourth-order valence-electron chi connectivity index (χ4n) is 1.98. The highest BCUT2D eigenvalue weighted by Gasteiger charge is 2.27. The molecule has 2 N–H and O–H groups in total. The molecular formula is C14H23NO2. The maximum atomic E-state index is 10.5. The average molecular weight is 237 g/mol. The maximum absolute atomic E-state index is 10.5. The third-order valence-corrected chi connectivity index (χ3v) is 3.32. The Labute approximate surface area is 104 Å². The number of hydrogen-bond acceptors (Lipinski definition) is 3. The van der Waals surface area contributed by atoms with E-state index in [1.165, 1.54) is 5.56 Å². The van der Waals surface area contributed by atoms with Gasteiger partial charge < -0.3 is 15.2 Å². The van der Waals surface area contributed by atoms with E-state index in [-0.39, 0.29) is 0 Å². The lowest BCUT2D eigenvalue weighted by Gasteiger charge is -2.27. The second kappa shape index (κ2) is 5.52. The van der Waals surface area contributed by atoms with Gasteiger partial charge in [-0.15, -0.1) is 0 Å². The van der Waals surface area contributed by atoms with Crippen LogP contribution >= 0.6 is 0 Å². The highest BCUT2D eigenvalue weighted by molar-refractivity contribution is 5.47. The van der Waals surface area contributed by atoms with Gasteiger partial charge in [0.1, 0.15) is 5.75 Å². The molecule has 0 radical (unpaired) electrons. The first-order valence-electron chi connectivity index (χ1n) is 5.95. The fourth-order valence-corrected chi connectivity index (χ4v) is 1.98. The van der Waals surface area contributed by atoms with E-state index in [0.717, 1.165) is 23.4 Å². The van der Waals surface area contributed by atoms with Gasteiger partial charge in [0, 0.05) is 5.56 Å². The van der Waals surface area contributed by atoms with Crippen molar-refractivity contribution in [1.29, 1.82) is 0 Å². The minimum Gasteiger partial charge on any atom is -0.496 e. The maximum Gasteiger partial charge on any atom is 0.128 e. The van der Waals surface area contributed by atoms with E-state index in [4.69, 9.17) is 4.74 Å². The van der Waals surface area contributed by atoms with E-state index in [9.17, 15) is 5.11 Å². The Bertz CT molecular complexity index is 386. The summed E-state index contributed by atoms with van der Waals surface area (Å²) >= 11 is 0. The Hall–Kier alpha value is -1.06. The van der Waals surface area contributed by atoms with Crippen LogP contribution in [0.4, 0.5) is 0 Å². The average Bonchev–Trinajstić information content (AvgIpc) is 2.29. The van der Waals surface area contributed by atoms with Crippen LogP contribution in [0.5, 0.6) is 5.75 Å². The Morgan fingerprint density at radius 2 is 2.00 bits per heavy atom. The van der Waals surface area contributed by atoms with E-state index >= 15 is 0 Å². The van der Waals surface area contributed by atoms with Gasteiger partial charge in [-0.25, -0.2) is 0 Å². The Morgan fingerprint density at radius 1 is 1.35 bits per heavy atom. The molecule has 3 nitrogen and oxygen atoms in total. The molecule has 0 fully saturated rings. The lowest BCUT2D eigenvalue weighted by Crippen LogP contribution is -2.27. The van der Waals surface area contributed by atoms with Gasteiger partial charge in [-0.3, -0.25) is 0 Å². The summed E-state index contributed by atoms with van der Waals surface area (Å²) in [7, 11) is 3.53. The molecule has 0 aliphatic heterocycles. The first-order valence-corrected chi connectivity index (χ1v) is 5.95. The van der Waals surface area contributed by atoms with Gasteiger partial charge in [-0.1, -0.05) is 12.1 Å². The highest BCUT2D eigenvalue weighted by Crippen LogP contribution is 2.35. The minimum atomic E-state index is -0.868. The zero-order valence-corrected chi connectivity index (χ0v) is 11.4. The Kier molecular flexibility index (Phi) is 4.54. The number of aryl methyl sites for hydroxylation is 1. The van der Waals surface area contributed by atoms with Crippen molar-refractivity contribution in [3.63, 3.8) is 0 Å².